The van der Waals surface area contributed by atoms with Crippen LogP contribution in [0.15, 0.2) is 18.2 Å². The number of hydrogen-bond donors (Lipinski definition) is 0. The van der Waals surface area contributed by atoms with Gasteiger partial charge < -0.3 is 0 Å². The summed E-state index contributed by atoms with van der Waals surface area (Å²) in [6, 6.07) is 6.30. The van der Waals surface area contributed by atoms with E-state index >= 15 is 0 Å². The number of aromatic nitrogens is 3. The molecule has 0 aliphatic heterocycles. The van der Waals surface area contributed by atoms with Crippen LogP contribution in [-0.4, -0.2) is 15.0 Å². The zero-order valence-corrected chi connectivity index (χ0v) is 11.2. The molecule has 0 fully saturated rings. The van der Waals surface area contributed by atoms with Crippen LogP contribution in [0.2, 0.25) is 10.6 Å². The van der Waals surface area contributed by atoms with Crippen LogP contribution in [-0.2, 0) is 12.8 Å². The molecule has 0 bridgehead atoms. The molecule has 0 N–H and O–H groups in total. The fourth-order valence-corrected chi connectivity index (χ4v) is 2.69. The van der Waals surface area contributed by atoms with Crippen molar-refractivity contribution in [2.24, 2.45) is 0 Å². The molecular weight excluding hydrogens is 269 g/mol. The van der Waals surface area contributed by atoms with E-state index < -0.39 is 0 Å². The molecule has 1 heterocycles. The Bertz CT molecular complexity index is 579. The van der Waals surface area contributed by atoms with Crippen LogP contribution >= 0.6 is 23.2 Å². The standard InChI is InChI=1S/C13H11Cl2N3/c14-12-16-11(17-13(15)18-12)10-6-5-8-3-1-2-4-9(8)7-10/h5-7H,1-4H2. The van der Waals surface area contributed by atoms with E-state index in [1.54, 1.807) is 0 Å². The Kier molecular flexibility index (Phi) is 3.18. The summed E-state index contributed by atoms with van der Waals surface area (Å²) in [5.41, 5.74) is 3.75. The van der Waals surface area contributed by atoms with Crippen molar-refractivity contribution in [3.8, 4) is 11.4 Å². The zero-order valence-electron chi connectivity index (χ0n) is 9.66. The van der Waals surface area contributed by atoms with Gasteiger partial charge in [-0.25, -0.2) is 0 Å². The molecule has 0 amide bonds. The number of rotatable bonds is 1. The normalized spacial score (nSPS) is 14.3. The SMILES string of the molecule is Clc1nc(Cl)nc(-c2ccc3c(c2)CCCC3)n1. The second-order valence-corrected chi connectivity index (χ2v) is 5.06. The lowest BCUT2D eigenvalue weighted by atomic mass is 9.90. The molecule has 1 aromatic carbocycles. The van der Waals surface area contributed by atoms with Gasteiger partial charge in [-0.15, -0.1) is 0 Å². The first-order chi connectivity index (χ1) is 8.72. The second kappa shape index (κ2) is 4.82. The van der Waals surface area contributed by atoms with Gasteiger partial charge in [0.15, 0.2) is 5.82 Å². The fourth-order valence-electron chi connectivity index (χ4n) is 2.33. The maximum absolute atomic E-state index is 5.80. The number of nitrogens with zero attached hydrogens (tertiary/aromatic N) is 3. The third-order valence-corrected chi connectivity index (χ3v) is 3.53. The Morgan fingerprint density at radius 1 is 0.833 bits per heavy atom. The van der Waals surface area contributed by atoms with Crippen LogP contribution in [0.3, 0.4) is 0 Å². The summed E-state index contributed by atoms with van der Waals surface area (Å²) >= 11 is 11.6. The van der Waals surface area contributed by atoms with Gasteiger partial charge in [-0.05, 0) is 66.1 Å². The maximum Gasteiger partial charge on any atom is 0.227 e. The maximum atomic E-state index is 5.80. The molecule has 1 aliphatic carbocycles. The average Bonchev–Trinajstić information content (AvgIpc) is 2.37. The van der Waals surface area contributed by atoms with Gasteiger partial charge in [0.25, 0.3) is 0 Å². The highest BCUT2D eigenvalue weighted by atomic mass is 35.5. The van der Waals surface area contributed by atoms with Gasteiger partial charge in [-0.2, -0.15) is 15.0 Å². The quantitative estimate of drug-likeness (QED) is 0.799. The average molecular weight is 280 g/mol. The summed E-state index contributed by atoms with van der Waals surface area (Å²) in [7, 11) is 0. The van der Waals surface area contributed by atoms with E-state index in [0.29, 0.717) is 5.82 Å². The Morgan fingerprint density at radius 3 is 2.22 bits per heavy atom. The van der Waals surface area contributed by atoms with Crippen LogP contribution in [0.4, 0.5) is 0 Å². The Labute approximate surface area is 115 Å². The lowest BCUT2D eigenvalue weighted by Crippen LogP contribution is -2.03. The van der Waals surface area contributed by atoms with Gasteiger partial charge >= 0.3 is 0 Å². The summed E-state index contributed by atoms with van der Waals surface area (Å²) < 4.78 is 0. The Balaban J connectivity index is 2.06. The molecular formula is C13H11Cl2N3. The lowest BCUT2D eigenvalue weighted by molar-refractivity contribution is 0.686. The molecule has 0 atom stereocenters. The fraction of sp³-hybridized carbons (Fsp3) is 0.308. The first-order valence-electron chi connectivity index (χ1n) is 5.91. The van der Waals surface area contributed by atoms with E-state index in [2.05, 4.69) is 27.1 Å². The molecule has 1 aromatic heterocycles. The van der Waals surface area contributed by atoms with Crippen LogP contribution < -0.4 is 0 Å². The molecule has 0 unspecified atom stereocenters. The van der Waals surface area contributed by atoms with Gasteiger partial charge in [-0.1, -0.05) is 12.1 Å². The van der Waals surface area contributed by atoms with E-state index in [9.17, 15) is 0 Å². The predicted molar refractivity (Wildman–Crippen MR) is 71.9 cm³/mol. The number of aryl methyl sites for hydroxylation is 2. The smallest absolute Gasteiger partial charge is 0.198 e. The highest BCUT2D eigenvalue weighted by Gasteiger charge is 2.12. The summed E-state index contributed by atoms with van der Waals surface area (Å²) in [5.74, 6) is 0.536. The van der Waals surface area contributed by atoms with E-state index in [1.807, 2.05) is 6.07 Å². The van der Waals surface area contributed by atoms with Crippen LogP contribution in [0.1, 0.15) is 24.0 Å². The van der Waals surface area contributed by atoms with Gasteiger partial charge in [-0.3, -0.25) is 0 Å². The highest BCUT2D eigenvalue weighted by Crippen LogP contribution is 2.26. The van der Waals surface area contributed by atoms with Gasteiger partial charge in [0, 0.05) is 5.56 Å². The van der Waals surface area contributed by atoms with E-state index in [1.165, 1.54) is 24.0 Å². The van der Waals surface area contributed by atoms with Crippen molar-refractivity contribution in [3.05, 3.63) is 39.9 Å². The molecule has 3 nitrogen and oxygen atoms in total. The Morgan fingerprint density at radius 2 is 1.50 bits per heavy atom. The van der Waals surface area contributed by atoms with Crippen molar-refractivity contribution in [1.29, 1.82) is 0 Å². The van der Waals surface area contributed by atoms with Crippen molar-refractivity contribution in [2.75, 3.05) is 0 Å². The zero-order chi connectivity index (χ0) is 12.5. The van der Waals surface area contributed by atoms with Crippen LogP contribution in [0, 0.1) is 0 Å². The number of fused-ring (bicyclic) bond motifs is 1. The third kappa shape index (κ3) is 2.33. The molecule has 0 saturated carbocycles. The largest absolute Gasteiger partial charge is 0.227 e. The van der Waals surface area contributed by atoms with Crippen molar-refractivity contribution in [1.82, 2.24) is 15.0 Å². The van der Waals surface area contributed by atoms with E-state index in [0.717, 1.165) is 18.4 Å². The van der Waals surface area contributed by atoms with Crippen molar-refractivity contribution in [2.45, 2.75) is 25.7 Å². The third-order valence-electron chi connectivity index (χ3n) is 3.19. The van der Waals surface area contributed by atoms with Crippen LogP contribution in [0.25, 0.3) is 11.4 Å². The van der Waals surface area contributed by atoms with Gasteiger partial charge in [0.1, 0.15) is 0 Å². The topological polar surface area (TPSA) is 38.7 Å². The molecule has 2 aromatic rings. The number of benzene rings is 1. The van der Waals surface area contributed by atoms with Crippen molar-refractivity contribution in [3.63, 3.8) is 0 Å². The molecule has 92 valence electrons. The number of hydrogen-bond acceptors (Lipinski definition) is 3. The Hall–Kier alpha value is -1.19. The molecule has 18 heavy (non-hydrogen) atoms. The molecule has 5 heteroatoms. The first kappa shape index (κ1) is 11.9. The van der Waals surface area contributed by atoms with Crippen molar-refractivity contribution < 1.29 is 0 Å². The molecule has 3 rings (SSSR count). The van der Waals surface area contributed by atoms with E-state index in [-0.39, 0.29) is 10.6 Å². The van der Waals surface area contributed by atoms with Gasteiger partial charge in [0.05, 0.1) is 0 Å². The summed E-state index contributed by atoms with van der Waals surface area (Å²) in [5, 5.41) is 0.255. The minimum atomic E-state index is 0.128. The van der Waals surface area contributed by atoms with Crippen molar-refractivity contribution >= 4 is 23.2 Å². The highest BCUT2D eigenvalue weighted by molar-refractivity contribution is 6.31. The summed E-state index contributed by atoms with van der Waals surface area (Å²) in [4.78, 5) is 12.0. The van der Waals surface area contributed by atoms with Crippen LogP contribution in [0.5, 0.6) is 0 Å². The second-order valence-electron chi connectivity index (χ2n) is 4.39. The lowest BCUT2D eigenvalue weighted by Gasteiger charge is -2.16. The molecule has 1 aliphatic rings. The minimum Gasteiger partial charge on any atom is -0.198 e. The minimum absolute atomic E-state index is 0.128. The summed E-state index contributed by atoms with van der Waals surface area (Å²) in [6.45, 7) is 0. The molecule has 0 radical (unpaired) electrons. The monoisotopic (exact) mass is 279 g/mol. The molecule has 0 spiro atoms. The summed E-state index contributed by atoms with van der Waals surface area (Å²) in [6.07, 6.45) is 4.80. The number of halogens is 2. The van der Waals surface area contributed by atoms with E-state index in [4.69, 9.17) is 23.2 Å². The first-order valence-corrected chi connectivity index (χ1v) is 6.67. The predicted octanol–water partition coefficient (Wildman–Crippen LogP) is 3.72. The molecule has 0 saturated heterocycles. The van der Waals surface area contributed by atoms with Gasteiger partial charge in [0.2, 0.25) is 10.6 Å².